The molecule has 100 valence electrons. The molecule has 0 N–H and O–H groups in total. The van der Waals surface area contributed by atoms with Crippen LogP contribution in [-0.4, -0.2) is 5.04 Å². The van der Waals surface area contributed by atoms with Crippen LogP contribution in [0.4, 0.5) is 5.69 Å². The summed E-state index contributed by atoms with van der Waals surface area (Å²) in [5.41, 5.74) is 2.21. The molecular formula is C18H17NS. The predicted molar refractivity (Wildman–Crippen MR) is 88.7 cm³/mol. The highest BCUT2D eigenvalue weighted by atomic mass is 32.2. The minimum atomic E-state index is -0.0955. The molecule has 1 fully saturated rings. The maximum Gasteiger partial charge on any atom is 0.0938 e. The Morgan fingerprint density at radius 3 is 2.15 bits per heavy atom. The predicted octanol–water partition coefficient (Wildman–Crippen LogP) is 5.33. The fourth-order valence-electron chi connectivity index (χ4n) is 2.66. The van der Waals surface area contributed by atoms with Gasteiger partial charge in [0.05, 0.1) is 16.1 Å². The van der Waals surface area contributed by atoms with Crippen molar-refractivity contribution in [1.29, 1.82) is 0 Å². The second kappa shape index (κ2) is 5.29. The minimum Gasteiger partial charge on any atom is -0.245 e. The molecular weight excluding hydrogens is 262 g/mol. The zero-order chi connectivity index (χ0) is 14.0. The van der Waals surface area contributed by atoms with Crippen molar-refractivity contribution in [1.82, 2.24) is 0 Å². The number of hydrogen-bond donors (Lipinski definition) is 0. The summed E-state index contributed by atoms with van der Waals surface area (Å²) in [5, 5.41) is 1.16. The molecule has 0 bridgehead atoms. The lowest BCUT2D eigenvalue weighted by Gasteiger charge is -2.44. The Hall–Kier alpha value is -1.80. The number of hydrogen-bond acceptors (Lipinski definition) is 2. The molecule has 0 aliphatic carbocycles. The van der Waals surface area contributed by atoms with Gasteiger partial charge in [-0.05, 0) is 24.1 Å². The molecule has 1 aliphatic rings. The van der Waals surface area contributed by atoms with E-state index in [9.17, 15) is 0 Å². The van der Waals surface area contributed by atoms with Gasteiger partial charge in [-0.25, -0.2) is 4.99 Å². The van der Waals surface area contributed by atoms with Gasteiger partial charge >= 0.3 is 0 Å². The molecule has 1 atom stereocenters. The Balaban J connectivity index is 2.05. The van der Waals surface area contributed by atoms with Crippen LogP contribution in [0.3, 0.4) is 0 Å². The molecule has 20 heavy (non-hydrogen) atoms. The Labute approximate surface area is 124 Å². The third-order valence-corrected chi connectivity index (χ3v) is 5.07. The summed E-state index contributed by atoms with van der Waals surface area (Å²) < 4.78 is 0. The highest BCUT2D eigenvalue weighted by molar-refractivity contribution is 8.20. The summed E-state index contributed by atoms with van der Waals surface area (Å²) in [6.07, 6.45) is 0.995. The van der Waals surface area contributed by atoms with Crippen LogP contribution in [0.5, 0.6) is 0 Å². The molecule has 2 aromatic rings. The van der Waals surface area contributed by atoms with E-state index in [1.54, 1.807) is 11.8 Å². The van der Waals surface area contributed by atoms with Crippen LogP contribution in [0.25, 0.3) is 0 Å². The van der Waals surface area contributed by atoms with Gasteiger partial charge in [-0.2, -0.15) is 0 Å². The molecule has 2 aromatic carbocycles. The molecule has 0 spiro atoms. The van der Waals surface area contributed by atoms with Crippen LogP contribution >= 0.6 is 11.8 Å². The summed E-state index contributed by atoms with van der Waals surface area (Å²) in [6.45, 7) is 6.44. The molecule has 0 amide bonds. The normalized spacial score (nSPS) is 23.6. The number of allylic oxidation sites excluding steroid dienone is 1. The van der Waals surface area contributed by atoms with Crippen molar-refractivity contribution in [2.24, 2.45) is 4.99 Å². The van der Waals surface area contributed by atoms with Crippen molar-refractivity contribution in [2.45, 2.75) is 18.8 Å². The lowest BCUT2D eigenvalue weighted by Crippen LogP contribution is -2.42. The third kappa shape index (κ3) is 2.01. The van der Waals surface area contributed by atoms with Gasteiger partial charge in [0.1, 0.15) is 0 Å². The summed E-state index contributed by atoms with van der Waals surface area (Å²) in [7, 11) is 0. The highest BCUT2D eigenvalue weighted by Crippen LogP contribution is 2.55. The summed E-state index contributed by atoms with van der Waals surface area (Å²) in [6, 6.07) is 20.7. The van der Waals surface area contributed by atoms with Crippen LogP contribution in [0, 0.1) is 0 Å². The molecule has 0 saturated carbocycles. The minimum absolute atomic E-state index is 0.0955. The van der Waals surface area contributed by atoms with Crippen LogP contribution in [0.1, 0.15) is 18.9 Å². The van der Waals surface area contributed by atoms with E-state index in [0.717, 1.165) is 17.2 Å². The molecule has 1 nitrogen and oxygen atoms in total. The van der Waals surface area contributed by atoms with E-state index in [1.807, 2.05) is 30.3 Å². The summed E-state index contributed by atoms with van der Waals surface area (Å²) in [5.74, 6) is 0. The van der Waals surface area contributed by atoms with Gasteiger partial charge in [-0.3, -0.25) is 0 Å². The van der Waals surface area contributed by atoms with E-state index in [0.29, 0.717) is 0 Å². The van der Waals surface area contributed by atoms with Crippen LogP contribution in [-0.2, 0) is 5.41 Å². The maximum absolute atomic E-state index is 4.83. The first-order chi connectivity index (χ1) is 9.77. The second-order valence-electron chi connectivity index (χ2n) is 4.90. The van der Waals surface area contributed by atoms with E-state index in [4.69, 9.17) is 4.99 Å². The SMILES string of the molecule is C=C1SC(=Nc2ccccc2)[C@@]1(CC)c1ccccc1. The van der Waals surface area contributed by atoms with E-state index in [-0.39, 0.29) is 5.41 Å². The quantitative estimate of drug-likeness (QED) is 0.740. The van der Waals surface area contributed by atoms with E-state index < -0.39 is 0 Å². The van der Waals surface area contributed by atoms with Gasteiger partial charge < -0.3 is 0 Å². The van der Waals surface area contributed by atoms with E-state index in [1.165, 1.54) is 10.5 Å². The van der Waals surface area contributed by atoms with Gasteiger partial charge in [-0.1, -0.05) is 73.8 Å². The maximum atomic E-state index is 4.83. The molecule has 2 heteroatoms. The van der Waals surface area contributed by atoms with Crippen molar-refractivity contribution in [3.8, 4) is 0 Å². The molecule has 0 radical (unpaired) electrons. The first kappa shape index (κ1) is 13.2. The highest BCUT2D eigenvalue weighted by Gasteiger charge is 2.48. The van der Waals surface area contributed by atoms with Gasteiger partial charge in [-0.15, -0.1) is 0 Å². The van der Waals surface area contributed by atoms with Crippen molar-refractivity contribution >= 4 is 22.5 Å². The number of aliphatic imine (C=N–C) groups is 1. The second-order valence-corrected chi connectivity index (χ2v) is 5.99. The molecule has 0 unspecified atom stereocenters. The van der Waals surface area contributed by atoms with Crippen molar-refractivity contribution in [3.63, 3.8) is 0 Å². The van der Waals surface area contributed by atoms with Crippen molar-refractivity contribution < 1.29 is 0 Å². The molecule has 3 rings (SSSR count). The number of thioether (sulfide) groups is 1. The van der Waals surface area contributed by atoms with Gasteiger partial charge in [0.2, 0.25) is 0 Å². The fraction of sp³-hybridized carbons (Fsp3) is 0.167. The Bertz CT molecular complexity index is 646. The average molecular weight is 279 g/mol. The Morgan fingerprint density at radius 2 is 1.60 bits per heavy atom. The lowest BCUT2D eigenvalue weighted by atomic mass is 9.77. The van der Waals surface area contributed by atoms with Gasteiger partial charge in [0, 0.05) is 4.91 Å². The average Bonchev–Trinajstić information content (AvgIpc) is 2.50. The number of benzene rings is 2. The van der Waals surface area contributed by atoms with Gasteiger partial charge in [0.25, 0.3) is 0 Å². The zero-order valence-electron chi connectivity index (χ0n) is 11.5. The molecule has 0 aromatic heterocycles. The largest absolute Gasteiger partial charge is 0.245 e. The summed E-state index contributed by atoms with van der Waals surface area (Å²) in [4.78, 5) is 6.03. The van der Waals surface area contributed by atoms with Crippen molar-refractivity contribution in [2.75, 3.05) is 0 Å². The number of nitrogens with zero attached hydrogens (tertiary/aromatic N) is 1. The third-order valence-electron chi connectivity index (χ3n) is 3.84. The Kier molecular flexibility index (Phi) is 3.49. The standard InChI is InChI=1S/C18H17NS/c1-3-18(15-10-6-4-7-11-15)14(2)20-17(18)19-16-12-8-5-9-13-16/h4-13H,2-3H2,1H3/t18-/m1/s1. The first-order valence-electron chi connectivity index (χ1n) is 6.84. The smallest absolute Gasteiger partial charge is 0.0938 e. The number of rotatable bonds is 3. The number of para-hydroxylation sites is 1. The lowest BCUT2D eigenvalue weighted by molar-refractivity contribution is 0.672. The van der Waals surface area contributed by atoms with Gasteiger partial charge in [0.15, 0.2) is 0 Å². The van der Waals surface area contributed by atoms with Crippen molar-refractivity contribution in [3.05, 3.63) is 77.7 Å². The summed E-state index contributed by atoms with van der Waals surface area (Å²) >= 11 is 1.71. The van der Waals surface area contributed by atoms with E-state index in [2.05, 4.69) is 43.8 Å². The first-order valence-corrected chi connectivity index (χ1v) is 7.66. The van der Waals surface area contributed by atoms with Crippen LogP contribution < -0.4 is 0 Å². The molecule has 1 saturated heterocycles. The zero-order valence-corrected chi connectivity index (χ0v) is 12.4. The molecule has 1 heterocycles. The van der Waals surface area contributed by atoms with Crippen LogP contribution in [0.2, 0.25) is 0 Å². The fourth-order valence-corrected chi connectivity index (χ4v) is 3.99. The molecule has 1 aliphatic heterocycles. The monoisotopic (exact) mass is 279 g/mol. The van der Waals surface area contributed by atoms with Crippen LogP contribution in [0.15, 0.2) is 77.1 Å². The topological polar surface area (TPSA) is 12.4 Å². The van der Waals surface area contributed by atoms with E-state index >= 15 is 0 Å². The Morgan fingerprint density at radius 1 is 1.00 bits per heavy atom.